The summed E-state index contributed by atoms with van der Waals surface area (Å²) in [5, 5.41) is 0. The molecule has 6 rings (SSSR count). The van der Waals surface area contributed by atoms with Crippen molar-refractivity contribution < 1.29 is 43.7 Å². The number of hydrogen-bond donors (Lipinski definition) is 0. The number of aromatic nitrogens is 1. The van der Waals surface area contributed by atoms with E-state index in [1.807, 2.05) is 0 Å². The minimum Gasteiger partial charge on any atom is -0.418 e. The largest absolute Gasteiger partial charge is 0.673 e. The zero-order valence-electron chi connectivity index (χ0n) is 29.9. The molecular formula is C39H41B2F8N3. The lowest BCUT2D eigenvalue weighted by atomic mass is 9.81. The van der Waals surface area contributed by atoms with Gasteiger partial charge in [-0.15, -0.1) is 0 Å². The molecule has 0 unspecified atom stereocenters. The number of rotatable bonds is 6. The SMILES string of the molecule is CN1\C(=C/C=C(\C=C\C2=[N+](C)c3ccccc3C2(C)C)[n+]2ccc(Cc3ccccc3)cc2)C(C)(C)c2ccccc21.F[B-](F)(F)F.F[B-](F)(F)F. The summed E-state index contributed by atoms with van der Waals surface area (Å²) in [5.74, 6) is 0. The molecule has 1 aromatic heterocycles. The Balaban J connectivity index is 0.000000536. The average Bonchev–Trinajstić information content (AvgIpc) is 3.38. The number of anilines is 1. The lowest BCUT2D eigenvalue weighted by molar-refractivity contribution is -0.578. The predicted molar refractivity (Wildman–Crippen MR) is 196 cm³/mol. The molecule has 274 valence electrons. The fraction of sp³-hybridized carbons (Fsp3) is 0.231. The van der Waals surface area contributed by atoms with E-state index in [-0.39, 0.29) is 10.8 Å². The second-order valence-corrected chi connectivity index (χ2v) is 13.5. The van der Waals surface area contributed by atoms with Gasteiger partial charge in [-0.1, -0.05) is 80.6 Å². The molecule has 3 heterocycles. The number of para-hydroxylation sites is 2. The van der Waals surface area contributed by atoms with Crippen LogP contribution < -0.4 is 9.47 Å². The van der Waals surface area contributed by atoms with Gasteiger partial charge in [0.05, 0.1) is 5.41 Å². The smallest absolute Gasteiger partial charge is 0.418 e. The molecule has 52 heavy (non-hydrogen) atoms. The number of hydrogen-bond acceptors (Lipinski definition) is 1. The Kier molecular flexibility index (Phi) is 12.1. The van der Waals surface area contributed by atoms with Crippen molar-refractivity contribution >= 4 is 37.3 Å². The first kappa shape index (κ1) is 39.8. The Morgan fingerprint density at radius 3 is 1.73 bits per heavy atom. The van der Waals surface area contributed by atoms with E-state index in [4.69, 9.17) is 0 Å². The van der Waals surface area contributed by atoms with Gasteiger partial charge in [0, 0.05) is 65.8 Å². The van der Waals surface area contributed by atoms with Crippen molar-refractivity contribution in [3.05, 3.63) is 156 Å². The number of fused-ring (bicyclic) bond motifs is 2. The maximum atomic E-state index is 9.75. The van der Waals surface area contributed by atoms with Gasteiger partial charge in [-0.2, -0.15) is 9.14 Å². The normalized spacial score (nSPS) is 17.0. The second-order valence-electron chi connectivity index (χ2n) is 13.5. The minimum absolute atomic E-state index is 0.0784. The topological polar surface area (TPSA) is 10.1 Å². The van der Waals surface area contributed by atoms with E-state index in [2.05, 4.69) is 184 Å². The van der Waals surface area contributed by atoms with Crippen LogP contribution in [0.3, 0.4) is 0 Å². The molecule has 0 fully saturated rings. The molecule has 0 bridgehead atoms. The van der Waals surface area contributed by atoms with Gasteiger partial charge in [-0.25, -0.2) is 0 Å². The van der Waals surface area contributed by atoms with Crippen LogP contribution in [0, 0.1) is 0 Å². The quantitative estimate of drug-likeness (QED) is 0.0833. The molecule has 0 amide bonds. The molecule has 2 aliphatic heterocycles. The van der Waals surface area contributed by atoms with Gasteiger partial charge in [0.1, 0.15) is 7.05 Å². The van der Waals surface area contributed by atoms with Crippen molar-refractivity contribution in [2.24, 2.45) is 0 Å². The molecule has 0 atom stereocenters. The Morgan fingerprint density at radius 2 is 1.17 bits per heavy atom. The summed E-state index contributed by atoms with van der Waals surface area (Å²) < 4.78 is 82.6. The van der Waals surface area contributed by atoms with Gasteiger partial charge in [0.15, 0.2) is 18.1 Å². The lowest BCUT2D eigenvalue weighted by Crippen LogP contribution is -2.31. The summed E-state index contributed by atoms with van der Waals surface area (Å²) in [7, 11) is -7.64. The average molecular weight is 725 g/mol. The van der Waals surface area contributed by atoms with E-state index in [1.165, 1.54) is 45.0 Å². The van der Waals surface area contributed by atoms with Gasteiger partial charge in [-0.05, 0) is 49.1 Å². The number of nitrogens with zero attached hydrogens (tertiary/aromatic N) is 3. The minimum atomic E-state index is -6.00. The molecular weight excluding hydrogens is 684 g/mol. The molecule has 0 saturated carbocycles. The first-order chi connectivity index (χ1) is 24.2. The van der Waals surface area contributed by atoms with Crippen molar-refractivity contribution in [2.45, 2.75) is 44.9 Å². The standard InChI is InChI=1S/C39H41N3.2BF4/c1-38(2)32-16-10-12-18-34(32)40(5)36(38)22-20-31(42-26-24-30(25-27-42)28-29-14-8-7-9-15-29)21-23-37-39(3,4)33-17-11-13-19-35(33)41(37)6;2*2-1(3,4)5/h7-27H,28H2,1-6H3;;/q+2;2*-1. The molecule has 0 aliphatic carbocycles. The number of allylic oxidation sites excluding steroid dienone is 6. The molecule has 3 nitrogen and oxygen atoms in total. The summed E-state index contributed by atoms with van der Waals surface area (Å²) >= 11 is 0. The van der Waals surface area contributed by atoms with E-state index in [0.29, 0.717) is 0 Å². The van der Waals surface area contributed by atoms with Gasteiger partial charge >= 0.3 is 14.5 Å². The third-order valence-corrected chi connectivity index (χ3v) is 9.15. The molecule has 0 radical (unpaired) electrons. The van der Waals surface area contributed by atoms with E-state index in [0.717, 1.165) is 12.1 Å². The molecule has 0 N–H and O–H groups in total. The van der Waals surface area contributed by atoms with Crippen molar-refractivity contribution in [3.8, 4) is 0 Å². The van der Waals surface area contributed by atoms with Crippen LogP contribution in [0.25, 0.3) is 5.70 Å². The van der Waals surface area contributed by atoms with Crippen LogP contribution in [-0.2, 0) is 17.3 Å². The van der Waals surface area contributed by atoms with Gasteiger partial charge in [0.2, 0.25) is 11.4 Å². The maximum absolute atomic E-state index is 9.75. The summed E-state index contributed by atoms with van der Waals surface area (Å²) in [5.41, 5.74) is 11.4. The van der Waals surface area contributed by atoms with Crippen molar-refractivity contribution in [1.82, 2.24) is 0 Å². The summed E-state index contributed by atoms with van der Waals surface area (Å²) in [6.45, 7) is 9.27. The maximum Gasteiger partial charge on any atom is 0.673 e. The second kappa shape index (κ2) is 15.8. The summed E-state index contributed by atoms with van der Waals surface area (Å²) in [6.07, 6.45) is 14.4. The van der Waals surface area contributed by atoms with Crippen LogP contribution in [0.2, 0.25) is 0 Å². The number of likely N-dealkylation sites (N-methyl/N-ethyl adjacent to an activating group) is 1. The number of halogens is 8. The van der Waals surface area contributed by atoms with Gasteiger partial charge < -0.3 is 39.4 Å². The van der Waals surface area contributed by atoms with Crippen LogP contribution in [0.1, 0.15) is 49.9 Å². The highest BCUT2D eigenvalue weighted by Gasteiger charge is 2.43. The summed E-state index contributed by atoms with van der Waals surface area (Å²) in [6, 6.07) is 32.6. The third-order valence-electron chi connectivity index (χ3n) is 9.15. The van der Waals surface area contributed by atoms with E-state index < -0.39 is 14.5 Å². The van der Waals surface area contributed by atoms with E-state index in [1.54, 1.807) is 0 Å². The molecule has 13 heteroatoms. The highest BCUT2D eigenvalue weighted by atomic mass is 19.5. The third kappa shape index (κ3) is 10.1. The first-order valence-corrected chi connectivity index (χ1v) is 16.6. The Hall–Kier alpha value is -4.93. The molecule has 4 aromatic rings. The highest BCUT2D eigenvalue weighted by molar-refractivity contribution is 6.50. The molecule has 0 saturated heterocycles. The fourth-order valence-corrected chi connectivity index (χ4v) is 6.74. The Bertz CT molecular complexity index is 1960. The summed E-state index contributed by atoms with van der Waals surface area (Å²) in [4.78, 5) is 2.33. The highest BCUT2D eigenvalue weighted by Crippen LogP contribution is 2.46. The van der Waals surface area contributed by atoms with Crippen molar-refractivity contribution in [3.63, 3.8) is 0 Å². The first-order valence-electron chi connectivity index (χ1n) is 16.6. The van der Waals surface area contributed by atoms with Crippen LogP contribution in [0.5, 0.6) is 0 Å². The zero-order chi connectivity index (χ0) is 38.5. The Labute approximate surface area is 300 Å². The van der Waals surface area contributed by atoms with Crippen LogP contribution in [0.4, 0.5) is 45.9 Å². The van der Waals surface area contributed by atoms with Gasteiger partial charge in [0.25, 0.3) is 0 Å². The van der Waals surface area contributed by atoms with Crippen LogP contribution >= 0.6 is 0 Å². The molecule has 0 spiro atoms. The Morgan fingerprint density at radius 1 is 0.673 bits per heavy atom. The van der Waals surface area contributed by atoms with Crippen molar-refractivity contribution in [2.75, 3.05) is 19.0 Å². The number of pyridine rings is 1. The monoisotopic (exact) mass is 725 g/mol. The number of benzene rings is 3. The van der Waals surface area contributed by atoms with E-state index >= 15 is 0 Å². The van der Waals surface area contributed by atoms with Gasteiger partial charge in [-0.3, -0.25) is 0 Å². The molecule has 2 aliphatic rings. The zero-order valence-corrected chi connectivity index (χ0v) is 29.9. The van der Waals surface area contributed by atoms with Crippen molar-refractivity contribution in [1.29, 1.82) is 0 Å². The van der Waals surface area contributed by atoms with Crippen LogP contribution in [0.15, 0.2) is 133 Å². The fourth-order valence-electron chi connectivity index (χ4n) is 6.74. The van der Waals surface area contributed by atoms with E-state index in [9.17, 15) is 34.5 Å². The molecule has 3 aromatic carbocycles. The van der Waals surface area contributed by atoms with Crippen LogP contribution in [-0.4, -0.2) is 38.9 Å². The predicted octanol–water partition coefficient (Wildman–Crippen LogP) is 10.6. The lowest BCUT2D eigenvalue weighted by Gasteiger charge is -2.23.